The van der Waals surface area contributed by atoms with E-state index in [-0.39, 0.29) is 12.5 Å². The van der Waals surface area contributed by atoms with Gasteiger partial charge in [-0.3, -0.25) is 9.10 Å². The van der Waals surface area contributed by atoms with Gasteiger partial charge < -0.3 is 15.0 Å². The summed E-state index contributed by atoms with van der Waals surface area (Å²) in [4.78, 5) is 14.7. The molecule has 9 heteroatoms. The Morgan fingerprint density at radius 1 is 1.14 bits per heavy atom. The van der Waals surface area contributed by atoms with Crippen molar-refractivity contribution in [1.29, 1.82) is 0 Å². The molecule has 7 nitrogen and oxygen atoms in total. The number of morpholine rings is 1. The summed E-state index contributed by atoms with van der Waals surface area (Å²) in [6.07, 6.45) is 1.09. The van der Waals surface area contributed by atoms with Crippen molar-refractivity contribution in [3.05, 3.63) is 58.6 Å². The number of ether oxygens (including phenoxy) is 1. The molecule has 0 spiro atoms. The summed E-state index contributed by atoms with van der Waals surface area (Å²) >= 11 is 3.34. The van der Waals surface area contributed by atoms with Gasteiger partial charge in [0.15, 0.2) is 0 Å². The molecule has 0 aliphatic carbocycles. The molecule has 2 aromatic rings. The quantitative estimate of drug-likeness (QED) is 0.656. The van der Waals surface area contributed by atoms with E-state index >= 15 is 0 Å². The first-order valence-corrected chi connectivity index (χ1v) is 11.9. The van der Waals surface area contributed by atoms with Crippen molar-refractivity contribution in [3.8, 4) is 0 Å². The number of amides is 1. The van der Waals surface area contributed by atoms with Crippen LogP contribution in [0.5, 0.6) is 0 Å². The molecule has 1 amide bonds. The molecule has 1 N–H and O–H groups in total. The number of para-hydroxylation sites is 1. The first-order valence-electron chi connectivity index (χ1n) is 9.25. The maximum Gasteiger partial charge on any atom is 0.241 e. The van der Waals surface area contributed by atoms with Gasteiger partial charge in [0, 0.05) is 29.8 Å². The second-order valence-electron chi connectivity index (χ2n) is 6.76. The molecule has 0 radical (unpaired) electrons. The van der Waals surface area contributed by atoms with E-state index in [1.165, 1.54) is 0 Å². The number of rotatable bonds is 7. The zero-order valence-electron chi connectivity index (χ0n) is 16.2. The Morgan fingerprint density at radius 3 is 2.41 bits per heavy atom. The van der Waals surface area contributed by atoms with Gasteiger partial charge in [-0.2, -0.15) is 0 Å². The molecule has 1 aliphatic rings. The van der Waals surface area contributed by atoms with E-state index in [4.69, 9.17) is 4.74 Å². The minimum Gasteiger partial charge on any atom is -0.378 e. The van der Waals surface area contributed by atoms with Crippen LogP contribution in [0.15, 0.2) is 53.0 Å². The number of nitrogens with one attached hydrogen (secondary N) is 1. The molecule has 1 heterocycles. The predicted molar refractivity (Wildman–Crippen MR) is 118 cm³/mol. The molecule has 1 aliphatic heterocycles. The minimum absolute atomic E-state index is 0.284. The van der Waals surface area contributed by atoms with E-state index in [1.807, 2.05) is 24.3 Å². The smallest absolute Gasteiger partial charge is 0.241 e. The molecule has 29 heavy (non-hydrogen) atoms. The molecule has 0 aromatic heterocycles. The molecule has 1 fully saturated rings. The van der Waals surface area contributed by atoms with Crippen molar-refractivity contribution in [1.82, 2.24) is 5.32 Å². The van der Waals surface area contributed by atoms with E-state index in [2.05, 4.69) is 26.1 Å². The third kappa shape index (κ3) is 5.94. The number of hydrogen-bond acceptors (Lipinski definition) is 5. The average molecular weight is 482 g/mol. The highest BCUT2D eigenvalue weighted by atomic mass is 79.9. The Labute approximate surface area is 179 Å². The molecule has 2 aromatic carbocycles. The van der Waals surface area contributed by atoms with Gasteiger partial charge >= 0.3 is 0 Å². The summed E-state index contributed by atoms with van der Waals surface area (Å²) < 4.78 is 31.5. The monoisotopic (exact) mass is 481 g/mol. The normalized spacial score (nSPS) is 14.5. The van der Waals surface area contributed by atoms with Crippen LogP contribution in [0.4, 0.5) is 11.4 Å². The fraction of sp³-hybridized carbons (Fsp3) is 0.350. The molecular weight excluding hydrogens is 458 g/mol. The van der Waals surface area contributed by atoms with Gasteiger partial charge in [-0.15, -0.1) is 0 Å². The lowest BCUT2D eigenvalue weighted by atomic mass is 10.2. The van der Waals surface area contributed by atoms with Crippen LogP contribution in [0.25, 0.3) is 0 Å². The van der Waals surface area contributed by atoms with Gasteiger partial charge in [0.1, 0.15) is 6.54 Å². The molecule has 156 valence electrons. The standard InChI is InChI=1S/C20H24BrN3O4S/c1-29(26,27)24(19-5-3-2-4-18(19)21)15-20(25)22-14-16-6-8-17(9-7-16)23-10-12-28-13-11-23/h2-9H,10-15H2,1H3,(H,22,25). The molecule has 3 rings (SSSR count). The Hall–Kier alpha value is -2.10. The average Bonchev–Trinajstić information content (AvgIpc) is 2.71. The lowest BCUT2D eigenvalue weighted by Crippen LogP contribution is -2.40. The van der Waals surface area contributed by atoms with Crippen LogP contribution in [0.2, 0.25) is 0 Å². The highest BCUT2D eigenvalue weighted by Gasteiger charge is 2.22. The van der Waals surface area contributed by atoms with E-state index in [0.717, 1.165) is 48.1 Å². The molecule has 0 unspecified atom stereocenters. The number of halogens is 1. The van der Waals surface area contributed by atoms with Crippen LogP contribution in [0.1, 0.15) is 5.56 Å². The van der Waals surface area contributed by atoms with Crippen LogP contribution >= 0.6 is 15.9 Å². The number of sulfonamides is 1. The lowest BCUT2D eigenvalue weighted by Gasteiger charge is -2.29. The fourth-order valence-electron chi connectivity index (χ4n) is 3.07. The Kier molecular flexibility index (Phi) is 7.15. The summed E-state index contributed by atoms with van der Waals surface area (Å²) in [6, 6.07) is 14.9. The number of hydrogen-bond donors (Lipinski definition) is 1. The number of nitrogens with zero attached hydrogens (tertiary/aromatic N) is 2. The van der Waals surface area contributed by atoms with Crippen molar-refractivity contribution in [2.45, 2.75) is 6.54 Å². The third-order valence-electron chi connectivity index (χ3n) is 4.61. The maximum atomic E-state index is 12.4. The Morgan fingerprint density at radius 2 is 1.79 bits per heavy atom. The summed E-state index contributed by atoms with van der Waals surface area (Å²) in [7, 11) is -3.61. The topological polar surface area (TPSA) is 79.0 Å². The molecular formula is C20H24BrN3O4S. The fourth-order valence-corrected chi connectivity index (χ4v) is 4.55. The number of carbonyl (C=O) groups excluding carboxylic acids is 1. The number of benzene rings is 2. The SMILES string of the molecule is CS(=O)(=O)N(CC(=O)NCc1ccc(N2CCOCC2)cc1)c1ccccc1Br. The maximum absolute atomic E-state index is 12.4. The third-order valence-corrected chi connectivity index (χ3v) is 6.41. The lowest BCUT2D eigenvalue weighted by molar-refractivity contribution is -0.119. The zero-order chi connectivity index (χ0) is 20.9. The van der Waals surface area contributed by atoms with E-state index < -0.39 is 10.0 Å². The summed E-state index contributed by atoms with van der Waals surface area (Å²) in [5.41, 5.74) is 2.50. The Bertz CT molecular complexity index is 944. The highest BCUT2D eigenvalue weighted by Crippen LogP contribution is 2.27. The molecule has 0 bridgehead atoms. The summed E-state index contributed by atoms with van der Waals surface area (Å²) in [5, 5.41) is 2.80. The van der Waals surface area contributed by atoms with Gasteiger partial charge in [-0.25, -0.2) is 8.42 Å². The first-order chi connectivity index (χ1) is 13.8. The van der Waals surface area contributed by atoms with Crippen molar-refractivity contribution < 1.29 is 17.9 Å². The van der Waals surface area contributed by atoms with Gasteiger partial charge in [-0.1, -0.05) is 24.3 Å². The largest absolute Gasteiger partial charge is 0.378 e. The van der Waals surface area contributed by atoms with Crippen LogP contribution in [0.3, 0.4) is 0 Å². The molecule has 1 saturated heterocycles. The summed E-state index contributed by atoms with van der Waals surface area (Å²) in [5.74, 6) is -0.372. The molecule has 0 saturated carbocycles. The van der Waals surface area contributed by atoms with Crippen LogP contribution in [-0.2, 0) is 26.1 Å². The van der Waals surface area contributed by atoms with Crippen LogP contribution in [0, 0.1) is 0 Å². The minimum atomic E-state index is -3.61. The first kappa shape index (κ1) is 21.6. The Balaban J connectivity index is 1.60. The second-order valence-corrected chi connectivity index (χ2v) is 9.52. The predicted octanol–water partition coefficient (Wildman–Crippen LogP) is 2.37. The number of carbonyl (C=O) groups is 1. The zero-order valence-corrected chi connectivity index (χ0v) is 18.6. The van der Waals surface area contributed by atoms with Crippen molar-refractivity contribution >= 4 is 43.2 Å². The number of anilines is 2. The van der Waals surface area contributed by atoms with Crippen LogP contribution < -0.4 is 14.5 Å². The van der Waals surface area contributed by atoms with E-state index in [9.17, 15) is 13.2 Å². The van der Waals surface area contributed by atoms with Crippen molar-refractivity contribution in [2.24, 2.45) is 0 Å². The van der Waals surface area contributed by atoms with Crippen molar-refractivity contribution in [3.63, 3.8) is 0 Å². The molecule has 0 atom stereocenters. The van der Waals surface area contributed by atoms with Gasteiger partial charge in [0.2, 0.25) is 15.9 Å². The highest BCUT2D eigenvalue weighted by molar-refractivity contribution is 9.10. The van der Waals surface area contributed by atoms with E-state index in [1.54, 1.807) is 24.3 Å². The summed E-state index contributed by atoms with van der Waals surface area (Å²) in [6.45, 7) is 3.24. The van der Waals surface area contributed by atoms with Crippen LogP contribution in [-0.4, -0.2) is 53.4 Å². The van der Waals surface area contributed by atoms with Gasteiger partial charge in [0.25, 0.3) is 0 Å². The second kappa shape index (κ2) is 9.60. The van der Waals surface area contributed by atoms with Gasteiger partial charge in [-0.05, 0) is 45.8 Å². The van der Waals surface area contributed by atoms with E-state index in [0.29, 0.717) is 16.7 Å². The van der Waals surface area contributed by atoms with Gasteiger partial charge in [0.05, 0.1) is 25.2 Å². The van der Waals surface area contributed by atoms with Crippen molar-refractivity contribution in [2.75, 3.05) is 48.3 Å².